The molecule has 0 bridgehead atoms. The Bertz CT molecular complexity index is 1230. The number of aliphatic hydroxyl groups is 1. The van der Waals surface area contributed by atoms with Gasteiger partial charge in [0.25, 0.3) is 5.91 Å². The molecule has 3 aromatic rings. The van der Waals surface area contributed by atoms with E-state index in [1.165, 1.54) is 0 Å². The van der Waals surface area contributed by atoms with Crippen LogP contribution in [0.1, 0.15) is 41.4 Å². The van der Waals surface area contributed by atoms with Gasteiger partial charge in [0.05, 0.1) is 23.6 Å². The van der Waals surface area contributed by atoms with Crippen LogP contribution in [0.5, 0.6) is 0 Å². The van der Waals surface area contributed by atoms with Gasteiger partial charge in [0, 0.05) is 53.8 Å². The van der Waals surface area contributed by atoms with Crippen molar-refractivity contribution in [2.75, 3.05) is 35.0 Å². The first kappa shape index (κ1) is 29.4. The number of nitrogens with zero attached hydrogens (tertiary/aromatic N) is 1. The second-order valence-corrected chi connectivity index (χ2v) is 12.8. The summed E-state index contributed by atoms with van der Waals surface area (Å²) in [6.07, 6.45) is 3.06. The van der Waals surface area contributed by atoms with E-state index < -0.39 is 22.9 Å². The summed E-state index contributed by atoms with van der Waals surface area (Å²) in [5.41, 5.74) is 3.68. The number of aromatic nitrogens is 1. The highest BCUT2D eigenvalue weighted by molar-refractivity contribution is 9.10. The van der Waals surface area contributed by atoms with Crippen LogP contribution in [-0.4, -0.2) is 62.6 Å². The molecule has 1 aliphatic rings. The van der Waals surface area contributed by atoms with Crippen molar-refractivity contribution in [2.24, 2.45) is 0 Å². The van der Waals surface area contributed by atoms with Gasteiger partial charge in [-0.3, -0.25) is 18.2 Å². The molecule has 0 spiro atoms. The van der Waals surface area contributed by atoms with Crippen molar-refractivity contribution >= 4 is 44.0 Å². The highest BCUT2D eigenvalue weighted by Gasteiger charge is 2.28. The third kappa shape index (κ3) is 8.23. The number of aliphatic hydroxyl groups excluding tert-OH is 1. The molecule has 7 N–H and O–H groups in total. The lowest BCUT2D eigenvalue weighted by Crippen LogP contribution is -2.48. The van der Waals surface area contributed by atoms with E-state index in [4.69, 9.17) is 0 Å². The number of hydrogen-bond acceptors (Lipinski definition) is 7. The number of nitrogens with one attached hydrogen (secondary N) is 4. The normalized spacial score (nSPS) is 17.3. The van der Waals surface area contributed by atoms with E-state index in [1.807, 2.05) is 55.6 Å². The smallest absolute Gasteiger partial charge is 0.251 e. The standard InChI is InChI=1S/C28H38BrN5O4S/c1-2-31-23-13-21(14-25(16-23)34-10-6-7-11-39(34,37)38)28(36)33-26(12-20-8-4-3-5-9-20)27(35)19-30-18-24-15-22(29)17-32-24/h3-5,8-9,13-17,26-27,30-32,35,37-38H,2,6-7,10-12,18-19H2,1H3,(H,33,36)/t26-,27+/m0/s1. The van der Waals surface area contributed by atoms with Crippen molar-refractivity contribution in [3.63, 3.8) is 0 Å². The average molecular weight is 621 g/mol. The molecule has 2 aromatic carbocycles. The van der Waals surface area contributed by atoms with Crippen LogP contribution >= 0.6 is 26.7 Å². The Hall–Kier alpha value is -2.54. The highest BCUT2D eigenvalue weighted by Crippen LogP contribution is 2.50. The summed E-state index contributed by atoms with van der Waals surface area (Å²) >= 11 is 3.42. The van der Waals surface area contributed by atoms with Crippen molar-refractivity contribution in [2.45, 2.75) is 44.9 Å². The first-order chi connectivity index (χ1) is 18.7. The topological polar surface area (TPSA) is 133 Å². The highest BCUT2D eigenvalue weighted by atomic mass is 79.9. The molecule has 9 nitrogen and oxygen atoms in total. The van der Waals surface area contributed by atoms with Crippen LogP contribution in [0, 0.1) is 0 Å². The molecule has 2 atom stereocenters. The van der Waals surface area contributed by atoms with Gasteiger partial charge in [0.2, 0.25) is 0 Å². The van der Waals surface area contributed by atoms with E-state index in [-0.39, 0.29) is 12.5 Å². The minimum atomic E-state index is -2.94. The summed E-state index contributed by atoms with van der Waals surface area (Å²) in [5, 5.41) is 20.7. The van der Waals surface area contributed by atoms with Gasteiger partial charge in [-0.15, -0.1) is 10.8 Å². The molecule has 1 saturated heterocycles. The molecule has 0 unspecified atom stereocenters. The van der Waals surface area contributed by atoms with Crippen molar-refractivity contribution in [1.82, 2.24) is 15.6 Å². The number of amides is 1. The van der Waals surface area contributed by atoms with Gasteiger partial charge < -0.3 is 26.0 Å². The van der Waals surface area contributed by atoms with Crippen LogP contribution in [0.2, 0.25) is 0 Å². The summed E-state index contributed by atoms with van der Waals surface area (Å²) in [4.78, 5) is 16.7. The lowest BCUT2D eigenvalue weighted by Gasteiger charge is -2.47. The number of aromatic amines is 1. The SMILES string of the molecule is CCNc1cc(C(=O)N[C@@H](Cc2ccccc2)[C@H](O)CNCc2cc(Br)c[nH]2)cc(N2CCCCS2(O)O)c1. The fourth-order valence-corrected chi connectivity index (χ4v) is 6.78. The summed E-state index contributed by atoms with van der Waals surface area (Å²) < 4.78 is 23.9. The van der Waals surface area contributed by atoms with E-state index in [2.05, 4.69) is 36.9 Å². The Balaban J connectivity index is 1.53. The largest absolute Gasteiger partial charge is 0.390 e. The van der Waals surface area contributed by atoms with E-state index in [9.17, 15) is 19.0 Å². The molecule has 0 saturated carbocycles. The second-order valence-electron chi connectivity index (χ2n) is 9.76. The maximum Gasteiger partial charge on any atom is 0.251 e. The van der Waals surface area contributed by atoms with Crippen molar-refractivity contribution in [1.29, 1.82) is 0 Å². The van der Waals surface area contributed by atoms with Gasteiger partial charge >= 0.3 is 0 Å². The first-order valence-electron chi connectivity index (χ1n) is 13.2. The molecule has 1 fully saturated rings. The molecular formula is C28H38BrN5O4S. The summed E-state index contributed by atoms with van der Waals surface area (Å²) in [6.45, 7) is 3.96. The van der Waals surface area contributed by atoms with Crippen LogP contribution < -0.4 is 20.3 Å². The van der Waals surface area contributed by atoms with E-state index in [0.29, 0.717) is 43.1 Å². The predicted octanol–water partition coefficient (Wildman–Crippen LogP) is 4.97. The quantitative estimate of drug-likeness (QED) is 0.152. The number of benzene rings is 2. The van der Waals surface area contributed by atoms with Crippen LogP contribution in [0.15, 0.2) is 65.3 Å². The van der Waals surface area contributed by atoms with Crippen LogP contribution in [-0.2, 0) is 13.0 Å². The molecule has 1 aromatic heterocycles. The Kier molecular flexibility index (Phi) is 10.3. The number of rotatable bonds is 12. The van der Waals surface area contributed by atoms with Gasteiger partial charge in [-0.05, 0) is 71.9 Å². The summed E-state index contributed by atoms with van der Waals surface area (Å²) in [7, 11) is -2.94. The van der Waals surface area contributed by atoms with Gasteiger partial charge in [0.15, 0.2) is 0 Å². The van der Waals surface area contributed by atoms with Gasteiger partial charge in [-0.1, -0.05) is 30.3 Å². The number of carbonyl (C=O) groups excluding carboxylic acids is 1. The monoisotopic (exact) mass is 619 g/mol. The lowest BCUT2D eigenvalue weighted by atomic mass is 10.00. The van der Waals surface area contributed by atoms with Crippen LogP contribution in [0.25, 0.3) is 0 Å². The molecule has 2 heterocycles. The maximum absolute atomic E-state index is 13.6. The molecule has 0 aliphatic carbocycles. The number of carbonyl (C=O) groups is 1. The second kappa shape index (κ2) is 13.7. The van der Waals surface area contributed by atoms with Crippen molar-refractivity contribution in [3.8, 4) is 0 Å². The van der Waals surface area contributed by atoms with Crippen molar-refractivity contribution in [3.05, 3.63) is 82.1 Å². The van der Waals surface area contributed by atoms with E-state index in [1.54, 1.807) is 16.4 Å². The molecule has 0 radical (unpaired) electrons. The number of anilines is 2. The van der Waals surface area contributed by atoms with Crippen molar-refractivity contribution < 1.29 is 19.0 Å². The van der Waals surface area contributed by atoms with Gasteiger partial charge in [0.1, 0.15) is 0 Å². The Labute approximate surface area is 240 Å². The molecule has 39 heavy (non-hydrogen) atoms. The summed E-state index contributed by atoms with van der Waals surface area (Å²) in [5.74, 6) is -0.0182. The molecule has 1 aliphatic heterocycles. The fraction of sp³-hybridized carbons (Fsp3) is 0.393. The molecule has 11 heteroatoms. The van der Waals surface area contributed by atoms with Gasteiger partial charge in [-0.25, -0.2) is 0 Å². The average Bonchev–Trinajstić information content (AvgIpc) is 3.33. The number of hydrogen-bond donors (Lipinski definition) is 7. The predicted molar refractivity (Wildman–Crippen MR) is 163 cm³/mol. The van der Waals surface area contributed by atoms with E-state index in [0.717, 1.165) is 34.3 Å². The Morgan fingerprint density at radius 2 is 1.95 bits per heavy atom. The molecule has 212 valence electrons. The first-order valence-corrected chi connectivity index (χ1v) is 15.7. The lowest BCUT2D eigenvalue weighted by molar-refractivity contribution is 0.0830. The van der Waals surface area contributed by atoms with Crippen LogP contribution in [0.3, 0.4) is 0 Å². The Morgan fingerprint density at radius 3 is 2.64 bits per heavy atom. The minimum Gasteiger partial charge on any atom is -0.390 e. The minimum absolute atomic E-state index is 0.284. The zero-order valence-electron chi connectivity index (χ0n) is 22.1. The third-order valence-electron chi connectivity index (χ3n) is 6.69. The molecule has 1 amide bonds. The van der Waals surface area contributed by atoms with E-state index >= 15 is 0 Å². The molecular weight excluding hydrogens is 582 g/mol. The zero-order valence-corrected chi connectivity index (χ0v) is 24.5. The van der Waals surface area contributed by atoms with Gasteiger partial charge in [-0.2, -0.15) is 0 Å². The Morgan fingerprint density at radius 1 is 1.15 bits per heavy atom. The number of H-pyrrole nitrogens is 1. The number of halogens is 1. The zero-order chi connectivity index (χ0) is 27.8. The molecule has 4 rings (SSSR count). The third-order valence-corrected chi connectivity index (χ3v) is 9.08. The summed E-state index contributed by atoms with van der Waals surface area (Å²) in [6, 6.07) is 16.5. The van der Waals surface area contributed by atoms with Crippen LogP contribution in [0.4, 0.5) is 11.4 Å². The maximum atomic E-state index is 13.6. The fourth-order valence-electron chi connectivity index (χ4n) is 4.71.